The molecular weight excluding hydrogens is 458 g/mol. The summed E-state index contributed by atoms with van der Waals surface area (Å²) >= 11 is 0. The molecule has 0 saturated heterocycles. The van der Waals surface area contributed by atoms with Gasteiger partial charge in [-0.15, -0.1) is 0 Å². The lowest BCUT2D eigenvalue weighted by molar-refractivity contribution is -0.131. The molecule has 0 aliphatic heterocycles. The maximum atomic E-state index is 11.0. The zero-order valence-corrected chi connectivity index (χ0v) is 18.8. The van der Waals surface area contributed by atoms with Crippen molar-refractivity contribution >= 4 is 55.3 Å². The van der Waals surface area contributed by atoms with Gasteiger partial charge in [0.15, 0.2) is 0 Å². The Kier molecular flexibility index (Phi) is 7.30. The number of phenols is 1. The van der Waals surface area contributed by atoms with Crippen molar-refractivity contribution in [1.82, 2.24) is 0 Å². The number of phenolic OH excluding ortho intramolecular Hbond substituents is 1. The van der Waals surface area contributed by atoms with Crippen LogP contribution in [0.25, 0.3) is 27.6 Å². The van der Waals surface area contributed by atoms with Gasteiger partial charge in [0.25, 0.3) is 10.1 Å². The maximum Gasteiger partial charge on any atom is 0.328 e. The van der Waals surface area contributed by atoms with Gasteiger partial charge in [-0.25, -0.2) is 4.79 Å². The number of fused-ring (bicyclic) bond motifs is 2. The topological polar surface area (TPSA) is 141 Å². The Labute approximate surface area is 195 Å². The van der Waals surface area contributed by atoms with Gasteiger partial charge in [0.05, 0.1) is 4.90 Å². The monoisotopic (exact) mass is 479 g/mol. The van der Waals surface area contributed by atoms with Gasteiger partial charge in [-0.05, 0) is 46.0 Å². The molecule has 0 aliphatic rings. The van der Waals surface area contributed by atoms with E-state index in [9.17, 15) is 23.1 Å². The number of carboxylic acids is 1. The van der Waals surface area contributed by atoms with E-state index in [-0.39, 0.29) is 16.6 Å². The largest absolute Gasteiger partial charge is 0.507 e. The molecule has 0 aromatic heterocycles. The zero-order chi connectivity index (χ0) is 24.9. The average molecular weight is 480 g/mol. The van der Waals surface area contributed by atoms with Gasteiger partial charge in [-0.1, -0.05) is 48.5 Å². The third kappa shape index (κ3) is 6.18. The van der Waals surface area contributed by atoms with Gasteiger partial charge in [-0.2, -0.15) is 8.42 Å². The van der Waals surface area contributed by atoms with E-state index in [0.29, 0.717) is 16.5 Å². The average Bonchev–Trinajstić information content (AvgIpc) is 2.77. The lowest BCUT2D eigenvalue weighted by Gasteiger charge is -2.07. The zero-order valence-electron chi connectivity index (χ0n) is 18.0. The highest BCUT2D eigenvalue weighted by Crippen LogP contribution is 2.30. The van der Waals surface area contributed by atoms with Crippen molar-refractivity contribution in [2.75, 3.05) is 5.32 Å². The number of anilines is 1. The summed E-state index contributed by atoms with van der Waals surface area (Å²) in [5, 5.41) is 23.9. The first-order valence-electron chi connectivity index (χ1n) is 9.95. The number of hydrogen-bond acceptors (Lipinski definition) is 5. The summed E-state index contributed by atoms with van der Waals surface area (Å²) in [5.74, 6) is -1.48. The molecule has 34 heavy (non-hydrogen) atoms. The van der Waals surface area contributed by atoms with E-state index in [2.05, 4.69) is 5.32 Å². The predicted octanol–water partition coefficient (Wildman–Crippen LogP) is 4.69. The second-order valence-electron chi connectivity index (χ2n) is 7.27. The summed E-state index contributed by atoms with van der Waals surface area (Å²) < 4.78 is 31.0. The Bertz CT molecular complexity index is 1520. The highest BCUT2D eigenvalue weighted by molar-refractivity contribution is 7.85. The van der Waals surface area contributed by atoms with Crippen molar-refractivity contribution in [1.29, 1.82) is 0 Å². The van der Waals surface area contributed by atoms with Crippen LogP contribution in [0.3, 0.4) is 0 Å². The van der Waals surface area contributed by atoms with Crippen LogP contribution in [-0.4, -0.2) is 35.1 Å². The molecule has 4 aromatic carbocycles. The van der Waals surface area contributed by atoms with Crippen molar-refractivity contribution in [3.05, 3.63) is 84.4 Å². The number of benzene rings is 4. The van der Waals surface area contributed by atoms with Crippen LogP contribution in [0.5, 0.6) is 5.75 Å². The highest BCUT2D eigenvalue weighted by Gasteiger charge is 2.13. The summed E-state index contributed by atoms with van der Waals surface area (Å²) in [6, 6.07) is 20.5. The lowest BCUT2D eigenvalue weighted by atomic mass is 10.0. The molecule has 174 valence electrons. The van der Waals surface area contributed by atoms with E-state index in [0.717, 1.165) is 28.5 Å². The van der Waals surface area contributed by atoms with Crippen LogP contribution in [0.4, 0.5) is 5.69 Å². The number of hydrogen-bond donors (Lipinski definition) is 4. The van der Waals surface area contributed by atoms with Crippen LogP contribution in [-0.2, 0) is 19.7 Å². The normalized spacial score (nSPS) is 11.2. The molecule has 0 aliphatic carbocycles. The third-order valence-corrected chi connectivity index (χ3v) is 5.58. The number of amides is 1. The molecule has 4 rings (SSSR count). The fourth-order valence-corrected chi connectivity index (χ4v) is 3.83. The Balaban J connectivity index is 0.000000196. The van der Waals surface area contributed by atoms with Crippen molar-refractivity contribution < 1.29 is 32.8 Å². The van der Waals surface area contributed by atoms with Crippen LogP contribution >= 0.6 is 0 Å². The summed E-state index contributed by atoms with van der Waals surface area (Å²) in [4.78, 5) is 21.0. The molecule has 0 heterocycles. The van der Waals surface area contributed by atoms with Gasteiger partial charge in [0.2, 0.25) is 5.91 Å². The molecule has 0 fully saturated rings. The van der Waals surface area contributed by atoms with Crippen LogP contribution in [0.15, 0.2) is 83.8 Å². The summed E-state index contributed by atoms with van der Waals surface area (Å²) in [6.45, 7) is 1.35. The minimum absolute atomic E-state index is 0.256. The number of carbonyl (C=O) groups excluding carboxylic acids is 1. The quantitative estimate of drug-likeness (QED) is 0.246. The molecular formula is C25H21NO7S. The first-order chi connectivity index (χ1) is 16.0. The number of aliphatic carboxylic acids is 1. The standard InChI is InChI=1S/C13H10O2.C12H11NO5S/c14-13(15)9-8-11-6-3-5-10-4-1-2-7-12(10)11;1-7(14)13-9-3-2-8-4-10(19(16,17)18)6-12(15)11(8)5-9/h1-9H,(H,14,15);2-6,15H,1H3,(H,13,14)(H,16,17,18). The Morgan fingerprint density at radius 3 is 2.26 bits per heavy atom. The van der Waals surface area contributed by atoms with Crippen molar-refractivity contribution in [3.8, 4) is 5.75 Å². The van der Waals surface area contributed by atoms with Gasteiger partial charge >= 0.3 is 5.97 Å². The minimum Gasteiger partial charge on any atom is -0.507 e. The van der Waals surface area contributed by atoms with Crippen LogP contribution in [0.2, 0.25) is 0 Å². The number of carboxylic acid groups (broad SMARTS) is 1. The molecule has 0 atom stereocenters. The van der Waals surface area contributed by atoms with E-state index in [1.165, 1.54) is 25.1 Å². The molecule has 8 nitrogen and oxygen atoms in total. The van der Waals surface area contributed by atoms with E-state index in [1.54, 1.807) is 12.1 Å². The van der Waals surface area contributed by atoms with E-state index >= 15 is 0 Å². The van der Waals surface area contributed by atoms with Gasteiger partial charge in [0.1, 0.15) is 5.75 Å². The molecule has 1 amide bonds. The fraction of sp³-hybridized carbons (Fsp3) is 0.0400. The van der Waals surface area contributed by atoms with Crippen molar-refractivity contribution in [3.63, 3.8) is 0 Å². The summed E-state index contributed by atoms with van der Waals surface area (Å²) in [7, 11) is -4.38. The van der Waals surface area contributed by atoms with Gasteiger partial charge in [-0.3, -0.25) is 9.35 Å². The first kappa shape index (κ1) is 24.4. The molecule has 4 aromatic rings. The van der Waals surface area contributed by atoms with Crippen LogP contribution < -0.4 is 5.32 Å². The molecule has 9 heteroatoms. The Hall–Kier alpha value is -4.21. The van der Waals surface area contributed by atoms with E-state index in [1.807, 2.05) is 42.5 Å². The highest BCUT2D eigenvalue weighted by atomic mass is 32.2. The number of aromatic hydroxyl groups is 1. The molecule has 0 saturated carbocycles. The number of carbonyl (C=O) groups is 2. The van der Waals surface area contributed by atoms with Crippen molar-refractivity contribution in [2.24, 2.45) is 0 Å². The smallest absolute Gasteiger partial charge is 0.328 e. The molecule has 0 spiro atoms. The van der Waals surface area contributed by atoms with E-state index in [4.69, 9.17) is 9.66 Å². The van der Waals surface area contributed by atoms with Crippen LogP contribution in [0, 0.1) is 0 Å². The lowest BCUT2D eigenvalue weighted by Crippen LogP contribution is -2.05. The summed E-state index contributed by atoms with van der Waals surface area (Å²) in [6.07, 6.45) is 2.77. The Morgan fingerprint density at radius 1 is 0.882 bits per heavy atom. The van der Waals surface area contributed by atoms with E-state index < -0.39 is 16.1 Å². The summed E-state index contributed by atoms with van der Waals surface area (Å²) in [5.41, 5.74) is 1.41. The van der Waals surface area contributed by atoms with Gasteiger partial charge in [0, 0.05) is 30.1 Å². The predicted molar refractivity (Wildman–Crippen MR) is 130 cm³/mol. The molecule has 0 bridgehead atoms. The SMILES string of the molecule is CC(=O)Nc1ccc2cc(S(=O)(=O)O)cc(O)c2c1.O=C(O)C=Cc1cccc2ccccc12. The van der Waals surface area contributed by atoms with Gasteiger partial charge < -0.3 is 15.5 Å². The first-order valence-corrected chi connectivity index (χ1v) is 11.4. The minimum atomic E-state index is -4.38. The number of rotatable bonds is 4. The van der Waals surface area contributed by atoms with Crippen molar-refractivity contribution in [2.45, 2.75) is 11.8 Å². The maximum absolute atomic E-state index is 11.0. The fourth-order valence-electron chi connectivity index (χ4n) is 3.30. The Morgan fingerprint density at radius 2 is 1.59 bits per heavy atom. The third-order valence-electron chi connectivity index (χ3n) is 4.75. The second-order valence-corrected chi connectivity index (χ2v) is 8.70. The molecule has 0 radical (unpaired) electrons. The second kappa shape index (κ2) is 10.2. The molecule has 4 N–H and O–H groups in total. The molecule has 0 unspecified atom stereocenters. The van der Waals surface area contributed by atoms with Crippen LogP contribution in [0.1, 0.15) is 12.5 Å². The number of nitrogens with one attached hydrogen (secondary N) is 1.